The molecule has 0 N–H and O–H groups in total. The third-order valence-corrected chi connectivity index (χ3v) is 8.46. The van der Waals surface area contributed by atoms with Crippen LogP contribution in [0, 0.1) is 0 Å². The molecule has 188 valence electrons. The molecule has 0 unspecified atom stereocenters. The van der Waals surface area contributed by atoms with Crippen LogP contribution >= 0.6 is 11.3 Å². The maximum Gasteiger partial charge on any atom is 0.238 e. The van der Waals surface area contributed by atoms with Crippen molar-refractivity contribution in [3.05, 3.63) is 133 Å². The molecule has 0 aliphatic heterocycles. The number of thiophene rings is 1. The maximum absolute atomic E-state index is 5.08. The fourth-order valence-corrected chi connectivity index (χ4v) is 6.59. The summed E-state index contributed by atoms with van der Waals surface area (Å²) in [6, 6.07) is 46.1. The molecule has 0 radical (unpaired) electrons. The summed E-state index contributed by atoms with van der Waals surface area (Å²) in [5.74, 6) is 1.92. The van der Waals surface area contributed by atoms with Gasteiger partial charge in [-0.1, -0.05) is 115 Å². The minimum Gasteiger partial charge on any atom is -0.276 e. The minimum atomic E-state index is 0.615. The van der Waals surface area contributed by atoms with Crippen LogP contribution < -0.4 is 0 Å². The summed E-state index contributed by atoms with van der Waals surface area (Å²) in [5, 5.41) is 2.39. The molecule has 0 bridgehead atoms. The Hall–Kier alpha value is -5.13. The standard InChI is InChI=1S/C35H22N4S/c1-4-12-23(13-5-1)26-20-21-30-28(22-26)31-32(40-30)27-18-10-11-19-29(27)39(31)35-37-33(24-14-6-2-7-15-24)36-34(38-35)25-16-8-3-9-17-25/h1-22H. The molecule has 4 nitrogen and oxygen atoms in total. The van der Waals surface area contributed by atoms with E-state index in [2.05, 4.69) is 77.4 Å². The molecule has 0 amide bonds. The van der Waals surface area contributed by atoms with Gasteiger partial charge in [0.05, 0.1) is 15.7 Å². The van der Waals surface area contributed by atoms with Gasteiger partial charge in [0.2, 0.25) is 5.95 Å². The Morgan fingerprint density at radius 2 is 1.05 bits per heavy atom. The van der Waals surface area contributed by atoms with E-state index in [1.807, 2.05) is 72.0 Å². The first-order valence-corrected chi connectivity index (χ1v) is 14.0. The molecule has 5 aromatic carbocycles. The predicted molar refractivity (Wildman–Crippen MR) is 166 cm³/mol. The van der Waals surface area contributed by atoms with Crippen LogP contribution in [0.5, 0.6) is 0 Å². The molecule has 8 rings (SSSR count). The first kappa shape index (κ1) is 22.8. The van der Waals surface area contributed by atoms with Gasteiger partial charge in [-0.2, -0.15) is 9.97 Å². The van der Waals surface area contributed by atoms with Crippen molar-refractivity contribution in [2.75, 3.05) is 0 Å². The Balaban J connectivity index is 1.46. The van der Waals surface area contributed by atoms with Gasteiger partial charge in [-0.3, -0.25) is 4.57 Å². The zero-order valence-corrected chi connectivity index (χ0v) is 22.2. The number of para-hydroxylation sites is 1. The molecule has 0 spiro atoms. The monoisotopic (exact) mass is 530 g/mol. The van der Waals surface area contributed by atoms with Gasteiger partial charge in [0.25, 0.3) is 0 Å². The van der Waals surface area contributed by atoms with Crippen LogP contribution in [-0.4, -0.2) is 19.5 Å². The molecule has 0 fully saturated rings. The molecule has 0 aliphatic carbocycles. The highest BCUT2D eigenvalue weighted by Gasteiger charge is 2.21. The molecular weight excluding hydrogens is 508 g/mol. The third-order valence-electron chi connectivity index (χ3n) is 7.27. The Kier molecular flexibility index (Phi) is 5.28. The van der Waals surface area contributed by atoms with E-state index in [4.69, 9.17) is 15.0 Å². The van der Waals surface area contributed by atoms with Crippen LogP contribution in [0.15, 0.2) is 133 Å². The molecule has 0 aliphatic rings. The minimum absolute atomic E-state index is 0.615. The van der Waals surface area contributed by atoms with E-state index in [9.17, 15) is 0 Å². The average Bonchev–Trinajstić information content (AvgIpc) is 3.56. The first-order chi connectivity index (χ1) is 19.8. The van der Waals surface area contributed by atoms with Gasteiger partial charge in [0.1, 0.15) is 0 Å². The topological polar surface area (TPSA) is 43.6 Å². The lowest BCUT2D eigenvalue weighted by Crippen LogP contribution is -2.06. The number of benzene rings is 5. The quantitative estimate of drug-likeness (QED) is 0.228. The second-order valence-electron chi connectivity index (χ2n) is 9.72. The van der Waals surface area contributed by atoms with E-state index in [1.165, 1.54) is 31.3 Å². The molecule has 40 heavy (non-hydrogen) atoms. The van der Waals surface area contributed by atoms with Crippen LogP contribution in [-0.2, 0) is 0 Å². The Morgan fingerprint density at radius 1 is 0.475 bits per heavy atom. The smallest absolute Gasteiger partial charge is 0.238 e. The number of hydrogen-bond donors (Lipinski definition) is 0. The summed E-state index contributed by atoms with van der Waals surface area (Å²) in [6.45, 7) is 0. The molecule has 3 aromatic heterocycles. The Bertz CT molecular complexity index is 2090. The SMILES string of the molecule is c1ccc(-c2ccc3sc4c5ccccc5n(-c5nc(-c6ccccc6)nc(-c6ccccc6)n5)c4c3c2)cc1. The van der Waals surface area contributed by atoms with Gasteiger partial charge in [0.15, 0.2) is 11.6 Å². The predicted octanol–water partition coefficient (Wildman–Crippen LogP) is 9.18. The lowest BCUT2D eigenvalue weighted by atomic mass is 10.0. The van der Waals surface area contributed by atoms with Crippen molar-refractivity contribution in [3.8, 4) is 39.9 Å². The van der Waals surface area contributed by atoms with E-state index in [-0.39, 0.29) is 0 Å². The third kappa shape index (κ3) is 3.71. The number of rotatable bonds is 4. The second-order valence-corrected chi connectivity index (χ2v) is 10.8. The van der Waals surface area contributed by atoms with Crippen molar-refractivity contribution >= 4 is 42.5 Å². The van der Waals surface area contributed by atoms with Crippen molar-refractivity contribution in [2.24, 2.45) is 0 Å². The Labute approximate surface area is 234 Å². The maximum atomic E-state index is 5.08. The van der Waals surface area contributed by atoms with Crippen molar-refractivity contribution in [1.29, 1.82) is 0 Å². The normalized spacial score (nSPS) is 11.5. The first-order valence-electron chi connectivity index (χ1n) is 13.2. The highest BCUT2D eigenvalue weighted by atomic mass is 32.1. The van der Waals surface area contributed by atoms with E-state index in [0.717, 1.165) is 22.2 Å². The molecule has 0 atom stereocenters. The lowest BCUT2D eigenvalue weighted by Gasteiger charge is -2.11. The fourth-order valence-electron chi connectivity index (χ4n) is 5.39. The number of fused-ring (bicyclic) bond motifs is 5. The summed E-state index contributed by atoms with van der Waals surface area (Å²) in [7, 11) is 0. The molecule has 5 heteroatoms. The number of hydrogen-bond acceptors (Lipinski definition) is 4. The fraction of sp³-hybridized carbons (Fsp3) is 0. The molecular formula is C35H22N4S. The van der Waals surface area contributed by atoms with E-state index in [1.54, 1.807) is 0 Å². The second kappa shape index (κ2) is 9.26. The van der Waals surface area contributed by atoms with Gasteiger partial charge >= 0.3 is 0 Å². The molecule has 0 saturated heterocycles. The van der Waals surface area contributed by atoms with Crippen molar-refractivity contribution in [2.45, 2.75) is 0 Å². The molecule has 8 aromatic rings. The zero-order chi connectivity index (χ0) is 26.5. The van der Waals surface area contributed by atoms with Crippen LogP contribution in [0.1, 0.15) is 0 Å². The van der Waals surface area contributed by atoms with Gasteiger partial charge in [-0.15, -0.1) is 11.3 Å². The van der Waals surface area contributed by atoms with Gasteiger partial charge in [-0.25, -0.2) is 4.98 Å². The highest BCUT2D eigenvalue weighted by molar-refractivity contribution is 7.26. The van der Waals surface area contributed by atoms with Gasteiger partial charge in [-0.05, 0) is 29.3 Å². The summed E-state index contributed by atoms with van der Waals surface area (Å²) >= 11 is 1.82. The van der Waals surface area contributed by atoms with Crippen molar-refractivity contribution in [1.82, 2.24) is 19.5 Å². The van der Waals surface area contributed by atoms with Crippen LogP contribution in [0.4, 0.5) is 0 Å². The number of nitrogens with zero attached hydrogens (tertiary/aromatic N) is 4. The van der Waals surface area contributed by atoms with Crippen molar-refractivity contribution in [3.63, 3.8) is 0 Å². The summed E-state index contributed by atoms with van der Waals surface area (Å²) in [5.41, 5.74) is 6.51. The summed E-state index contributed by atoms with van der Waals surface area (Å²) < 4.78 is 4.70. The van der Waals surface area contributed by atoms with E-state index in [0.29, 0.717) is 17.6 Å². The average molecular weight is 531 g/mol. The largest absolute Gasteiger partial charge is 0.276 e. The highest BCUT2D eigenvalue weighted by Crippen LogP contribution is 2.43. The Morgan fingerprint density at radius 3 is 1.70 bits per heavy atom. The zero-order valence-electron chi connectivity index (χ0n) is 21.4. The lowest BCUT2D eigenvalue weighted by molar-refractivity contribution is 0.955. The van der Waals surface area contributed by atoms with Gasteiger partial charge < -0.3 is 0 Å². The van der Waals surface area contributed by atoms with Crippen molar-refractivity contribution < 1.29 is 0 Å². The number of aromatic nitrogens is 4. The van der Waals surface area contributed by atoms with Gasteiger partial charge in [0, 0.05) is 26.6 Å². The van der Waals surface area contributed by atoms with E-state index < -0.39 is 0 Å². The summed E-state index contributed by atoms with van der Waals surface area (Å²) in [4.78, 5) is 15.1. The molecule has 0 saturated carbocycles. The summed E-state index contributed by atoms with van der Waals surface area (Å²) in [6.07, 6.45) is 0. The van der Waals surface area contributed by atoms with E-state index >= 15 is 0 Å². The van der Waals surface area contributed by atoms with Crippen LogP contribution in [0.25, 0.3) is 71.1 Å². The van der Waals surface area contributed by atoms with Crippen LogP contribution in [0.2, 0.25) is 0 Å². The molecule has 3 heterocycles. The van der Waals surface area contributed by atoms with Crippen LogP contribution in [0.3, 0.4) is 0 Å².